The smallest absolute Gasteiger partial charge is 0.220 e. The Morgan fingerprint density at radius 1 is 0.872 bits per heavy atom. The van der Waals surface area contributed by atoms with Gasteiger partial charge in [0, 0.05) is 30.6 Å². The largest absolute Gasteiger partial charge is 0.379 e. The molecule has 1 aromatic carbocycles. The number of hydrogen-bond donors (Lipinski definition) is 1. The number of nitrogens with one attached hydrogen (secondary N) is 1. The summed E-state index contributed by atoms with van der Waals surface area (Å²) in [7, 11) is 0. The number of carbonyl (C=O) groups excluding carboxylic acids is 2. The molecular weight excluding hydrogens is 495 g/mol. The van der Waals surface area contributed by atoms with E-state index < -0.39 is 0 Å². The summed E-state index contributed by atoms with van der Waals surface area (Å²) in [4.78, 5) is 28.0. The van der Waals surface area contributed by atoms with Crippen LogP contribution in [0.5, 0.6) is 0 Å². The minimum Gasteiger partial charge on any atom is -0.379 e. The van der Waals surface area contributed by atoms with E-state index in [9.17, 15) is 14.0 Å². The maximum Gasteiger partial charge on any atom is 0.220 e. The zero-order valence-electron chi connectivity index (χ0n) is 23.5. The predicted molar refractivity (Wildman–Crippen MR) is 149 cm³/mol. The first-order valence-corrected chi connectivity index (χ1v) is 15.6. The van der Waals surface area contributed by atoms with Gasteiger partial charge in [0.25, 0.3) is 0 Å². The second kappa shape index (κ2) is 14.2. The van der Waals surface area contributed by atoms with Crippen LogP contribution >= 0.6 is 0 Å². The Morgan fingerprint density at radius 3 is 2.23 bits per heavy atom. The van der Waals surface area contributed by atoms with E-state index in [4.69, 9.17) is 9.47 Å². The zero-order chi connectivity index (χ0) is 27.0. The Bertz CT molecular complexity index is 911. The van der Waals surface area contributed by atoms with Crippen LogP contribution in [-0.4, -0.2) is 67.7 Å². The Hall–Kier alpha value is -1.83. The molecule has 2 aliphatic heterocycles. The molecule has 1 unspecified atom stereocenters. The van der Waals surface area contributed by atoms with Crippen molar-refractivity contribution in [2.45, 2.75) is 102 Å². The molecule has 39 heavy (non-hydrogen) atoms. The third-order valence-corrected chi connectivity index (χ3v) is 9.69. The molecule has 0 bridgehead atoms. The van der Waals surface area contributed by atoms with Crippen LogP contribution in [-0.2, 0) is 14.3 Å². The van der Waals surface area contributed by atoms with Gasteiger partial charge in [0.05, 0.1) is 18.8 Å². The summed E-state index contributed by atoms with van der Waals surface area (Å²) in [6.07, 6.45) is 14.2. The maximum absolute atomic E-state index is 13.2. The average Bonchev–Trinajstić information content (AvgIpc) is 3.47. The average molecular weight is 543 g/mol. The predicted octanol–water partition coefficient (Wildman–Crippen LogP) is 5.54. The van der Waals surface area contributed by atoms with Gasteiger partial charge in [0.15, 0.2) is 5.78 Å². The van der Waals surface area contributed by atoms with Crippen molar-refractivity contribution in [1.29, 1.82) is 0 Å². The van der Waals surface area contributed by atoms with Gasteiger partial charge in [0.1, 0.15) is 5.82 Å². The molecule has 1 amide bonds. The quantitative estimate of drug-likeness (QED) is 0.393. The molecule has 0 aromatic heterocycles. The molecule has 6 nitrogen and oxygen atoms in total. The fourth-order valence-electron chi connectivity index (χ4n) is 7.14. The van der Waals surface area contributed by atoms with Crippen LogP contribution in [0.1, 0.15) is 93.8 Å². The van der Waals surface area contributed by atoms with E-state index in [0.29, 0.717) is 30.0 Å². The van der Waals surface area contributed by atoms with Crippen molar-refractivity contribution in [2.24, 2.45) is 17.8 Å². The summed E-state index contributed by atoms with van der Waals surface area (Å²) in [6, 6.07) is 6.30. The number of nitrogens with zero attached hydrogens (tertiary/aromatic N) is 1. The van der Waals surface area contributed by atoms with Crippen molar-refractivity contribution >= 4 is 11.7 Å². The molecule has 1 N–H and O–H groups in total. The first kappa shape index (κ1) is 28.7. The number of hydrogen-bond acceptors (Lipinski definition) is 5. The van der Waals surface area contributed by atoms with Gasteiger partial charge in [-0.15, -0.1) is 0 Å². The zero-order valence-corrected chi connectivity index (χ0v) is 23.5. The molecule has 4 aliphatic rings. The lowest BCUT2D eigenvalue weighted by molar-refractivity contribution is -0.123. The molecule has 1 atom stereocenters. The SMILES string of the molecule is O=C(C[C@H]1CC[C@H](OC2CCOC2)CC1)NC1CCC(CCN2CCC(C(=O)c3ccc(F)cc3)CC2)CC1. The standard InChI is InChI=1S/C32H47FN2O4/c33-27-7-5-25(6-8-27)32(37)26-14-18-35(19-15-26)17-13-23-1-9-28(10-2-23)34-31(36)21-24-3-11-29(12-4-24)39-30-16-20-38-22-30/h5-8,23-24,26,28-30H,1-4,9-22H2,(H,34,36)/t23?,24-,28?,29-,30?. The summed E-state index contributed by atoms with van der Waals surface area (Å²) < 4.78 is 24.8. The molecule has 2 aliphatic carbocycles. The van der Waals surface area contributed by atoms with E-state index in [0.717, 1.165) is 96.6 Å². The van der Waals surface area contributed by atoms with Crippen LogP contribution in [0.3, 0.4) is 0 Å². The van der Waals surface area contributed by atoms with Crippen LogP contribution in [0.25, 0.3) is 0 Å². The molecule has 0 radical (unpaired) electrons. The van der Waals surface area contributed by atoms with E-state index in [-0.39, 0.29) is 29.5 Å². The number of rotatable bonds is 10. The van der Waals surface area contributed by atoms with Gasteiger partial charge in [-0.1, -0.05) is 0 Å². The van der Waals surface area contributed by atoms with Crippen LogP contribution in [0.15, 0.2) is 24.3 Å². The molecule has 4 fully saturated rings. The molecule has 0 spiro atoms. The molecular formula is C32H47FN2O4. The number of ether oxygens (including phenoxy) is 2. The van der Waals surface area contributed by atoms with Gasteiger partial charge >= 0.3 is 0 Å². The minimum absolute atomic E-state index is 0.0566. The number of amides is 1. The highest BCUT2D eigenvalue weighted by atomic mass is 19.1. The van der Waals surface area contributed by atoms with Crippen LogP contribution in [0.2, 0.25) is 0 Å². The van der Waals surface area contributed by atoms with Crippen molar-refractivity contribution in [1.82, 2.24) is 10.2 Å². The van der Waals surface area contributed by atoms with Gasteiger partial charge in [-0.25, -0.2) is 4.39 Å². The van der Waals surface area contributed by atoms with Crippen LogP contribution in [0, 0.1) is 23.6 Å². The number of ketones is 1. The Kier molecular flexibility index (Phi) is 10.4. The van der Waals surface area contributed by atoms with E-state index in [1.165, 1.54) is 31.4 Å². The van der Waals surface area contributed by atoms with Crippen LogP contribution < -0.4 is 5.32 Å². The second-order valence-electron chi connectivity index (χ2n) is 12.5. The van der Waals surface area contributed by atoms with Gasteiger partial charge < -0.3 is 19.7 Å². The van der Waals surface area contributed by atoms with Crippen LogP contribution in [0.4, 0.5) is 4.39 Å². The number of carbonyl (C=O) groups is 2. The number of likely N-dealkylation sites (tertiary alicyclic amines) is 1. The molecule has 2 saturated carbocycles. The first-order valence-electron chi connectivity index (χ1n) is 15.6. The summed E-state index contributed by atoms with van der Waals surface area (Å²) in [5.74, 6) is 1.39. The van der Waals surface area contributed by atoms with E-state index in [1.54, 1.807) is 12.1 Å². The monoisotopic (exact) mass is 542 g/mol. The fraction of sp³-hybridized carbons (Fsp3) is 0.750. The van der Waals surface area contributed by atoms with Crippen molar-refractivity contribution in [2.75, 3.05) is 32.8 Å². The molecule has 2 heterocycles. The van der Waals surface area contributed by atoms with E-state index in [2.05, 4.69) is 10.2 Å². The lowest BCUT2D eigenvalue weighted by Gasteiger charge is -2.34. The molecule has 216 valence electrons. The minimum atomic E-state index is -0.299. The summed E-state index contributed by atoms with van der Waals surface area (Å²) in [5.41, 5.74) is 0.631. The highest BCUT2D eigenvalue weighted by Crippen LogP contribution is 2.31. The molecule has 7 heteroatoms. The Labute approximate surface area is 233 Å². The Morgan fingerprint density at radius 2 is 1.56 bits per heavy atom. The van der Waals surface area contributed by atoms with Gasteiger partial charge in [-0.3, -0.25) is 9.59 Å². The molecule has 5 rings (SSSR count). The molecule has 1 aromatic rings. The molecule has 2 saturated heterocycles. The third kappa shape index (κ3) is 8.58. The maximum atomic E-state index is 13.2. The van der Waals surface area contributed by atoms with E-state index in [1.807, 2.05) is 0 Å². The second-order valence-corrected chi connectivity index (χ2v) is 12.5. The summed E-state index contributed by atoms with van der Waals surface area (Å²) >= 11 is 0. The van der Waals surface area contributed by atoms with Crippen molar-refractivity contribution in [3.8, 4) is 0 Å². The van der Waals surface area contributed by atoms with Crippen molar-refractivity contribution in [3.05, 3.63) is 35.6 Å². The van der Waals surface area contributed by atoms with Gasteiger partial charge in [0.2, 0.25) is 5.91 Å². The highest BCUT2D eigenvalue weighted by Gasteiger charge is 2.29. The van der Waals surface area contributed by atoms with Gasteiger partial charge in [-0.05, 0) is 133 Å². The van der Waals surface area contributed by atoms with Crippen molar-refractivity contribution < 1.29 is 23.5 Å². The van der Waals surface area contributed by atoms with Crippen molar-refractivity contribution in [3.63, 3.8) is 0 Å². The highest BCUT2D eigenvalue weighted by molar-refractivity contribution is 5.97. The van der Waals surface area contributed by atoms with Gasteiger partial charge in [-0.2, -0.15) is 0 Å². The normalized spacial score (nSPS) is 30.7. The Balaban J connectivity index is 0.918. The number of benzene rings is 1. The number of Topliss-reactive ketones (excluding diaryl/α,β-unsaturated/α-hetero) is 1. The topological polar surface area (TPSA) is 67.9 Å². The lowest BCUT2D eigenvalue weighted by atomic mass is 9.83. The fourth-order valence-corrected chi connectivity index (χ4v) is 7.14. The number of halogens is 1. The first-order chi connectivity index (χ1) is 19.0. The third-order valence-electron chi connectivity index (χ3n) is 9.69. The lowest BCUT2D eigenvalue weighted by Crippen LogP contribution is -2.40. The summed E-state index contributed by atoms with van der Waals surface area (Å²) in [5, 5.41) is 3.34. The van der Waals surface area contributed by atoms with E-state index >= 15 is 0 Å². The summed E-state index contributed by atoms with van der Waals surface area (Å²) in [6.45, 7) is 4.59. The number of piperidine rings is 1.